The summed E-state index contributed by atoms with van der Waals surface area (Å²) in [6, 6.07) is 0. The van der Waals surface area contributed by atoms with Crippen molar-refractivity contribution in [3.63, 3.8) is 0 Å². The van der Waals surface area contributed by atoms with E-state index in [1.165, 1.54) is 127 Å². The monoisotopic (exact) mass is 424 g/mol. The minimum absolute atomic E-state index is 0. The Labute approximate surface area is 177 Å². The summed E-state index contributed by atoms with van der Waals surface area (Å²) in [7, 11) is 0. The zero-order chi connectivity index (χ0) is 19.6. The second kappa shape index (κ2) is 18.7. The summed E-state index contributed by atoms with van der Waals surface area (Å²) in [6.07, 6.45) is 27.6. The second-order valence-corrected chi connectivity index (χ2v) is 17.3. The van der Waals surface area contributed by atoms with Gasteiger partial charge in [-0.1, -0.05) is 0 Å². The van der Waals surface area contributed by atoms with Crippen molar-refractivity contribution in [3.8, 4) is 0 Å². The maximum absolute atomic E-state index is 7.84. The third kappa shape index (κ3) is 15.2. The maximum Gasteiger partial charge on any atom is -0.412 e. The van der Waals surface area contributed by atoms with Gasteiger partial charge in [0.25, 0.3) is 0 Å². The van der Waals surface area contributed by atoms with Crippen molar-refractivity contribution < 1.29 is 5.48 Å². The first-order valence-corrected chi connectivity index (χ1v) is 16.1. The molecule has 2 N–H and O–H groups in total. The quantitative estimate of drug-likeness (QED) is 0.138. The molecular formula is C24H54ClOP. The van der Waals surface area contributed by atoms with E-state index in [4.69, 9.17) is 11.2 Å². The Kier molecular flexibility index (Phi) is 20.7. The van der Waals surface area contributed by atoms with Crippen molar-refractivity contribution >= 4 is 17.2 Å². The Morgan fingerprint density at radius 3 is 0.815 bits per heavy atom. The fraction of sp³-hybridized carbons (Fsp3) is 1.00. The van der Waals surface area contributed by atoms with Gasteiger partial charge in [0, 0.05) is 0 Å². The van der Waals surface area contributed by atoms with Crippen LogP contribution in [0.25, 0.3) is 0 Å². The molecule has 0 saturated heterocycles. The molecule has 0 aliphatic rings. The Hall–Kier alpha value is 0.680. The Morgan fingerprint density at radius 2 is 0.630 bits per heavy atom. The Balaban J connectivity index is 0. The third-order valence-electron chi connectivity index (χ3n) is 6.28. The fourth-order valence-corrected chi connectivity index (χ4v) is 11.2. The van der Waals surface area contributed by atoms with Crippen LogP contribution in [0.5, 0.6) is 0 Å². The van der Waals surface area contributed by atoms with Crippen molar-refractivity contribution in [3.05, 3.63) is 0 Å². The molecule has 0 aromatic heterocycles. The SMILES string of the molecule is CCCCCCP(Cl)(CCCCCC)(CCCCCC)CCCCCC.O. The second-order valence-electron chi connectivity index (χ2n) is 8.96. The van der Waals surface area contributed by atoms with Gasteiger partial charge in [-0.2, -0.15) is 0 Å². The average Bonchev–Trinajstić information content (AvgIpc) is 2.64. The molecule has 0 aliphatic carbocycles. The molecular weight excluding hydrogens is 371 g/mol. The predicted octanol–water partition coefficient (Wildman–Crippen LogP) is 9.19. The van der Waals surface area contributed by atoms with Gasteiger partial charge in [0.05, 0.1) is 0 Å². The van der Waals surface area contributed by atoms with Gasteiger partial charge in [0.2, 0.25) is 0 Å². The van der Waals surface area contributed by atoms with Gasteiger partial charge in [-0.05, 0) is 0 Å². The van der Waals surface area contributed by atoms with Gasteiger partial charge >= 0.3 is 172 Å². The van der Waals surface area contributed by atoms with Crippen LogP contribution in [0.3, 0.4) is 0 Å². The molecule has 1 nitrogen and oxygen atoms in total. The zero-order valence-corrected chi connectivity index (χ0v) is 21.1. The van der Waals surface area contributed by atoms with E-state index in [0.29, 0.717) is 0 Å². The normalized spacial score (nSPS) is 13.1. The standard InChI is InChI=1S/C24H52ClP.H2O/c1-5-9-13-17-21-26(25,22-18-14-10-6-2,23-19-15-11-7-3)24-20-16-12-8-4;/h5-24H2,1-4H3;1H2. The van der Waals surface area contributed by atoms with Crippen molar-refractivity contribution in [2.24, 2.45) is 0 Å². The molecule has 0 amide bonds. The van der Waals surface area contributed by atoms with Crippen LogP contribution in [0.4, 0.5) is 0 Å². The minimum atomic E-state index is -2.01. The van der Waals surface area contributed by atoms with Gasteiger partial charge < -0.3 is 5.48 Å². The van der Waals surface area contributed by atoms with Crippen LogP contribution < -0.4 is 0 Å². The number of hydrogen-bond donors (Lipinski definition) is 0. The average molecular weight is 425 g/mol. The van der Waals surface area contributed by atoms with Gasteiger partial charge in [0.1, 0.15) is 0 Å². The van der Waals surface area contributed by atoms with E-state index in [-0.39, 0.29) is 5.48 Å². The zero-order valence-electron chi connectivity index (χ0n) is 19.5. The summed E-state index contributed by atoms with van der Waals surface area (Å²) in [6.45, 7) is 9.28. The van der Waals surface area contributed by atoms with E-state index in [1.807, 2.05) is 0 Å². The van der Waals surface area contributed by atoms with Crippen molar-refractivity contribution in [1.29, 1.82) is 0 Å². The smallest absolute Gasteiger partial charge is 0.412 e. The van der Waals surface area contributed by atoms with E-state index >= 15 is 0 Å². The van der Waals surface area contributed by atoms with E-state index in [9.17, 15) is 0 Å². The van der Waals surface area contributed by atoms with Gasteiger partial charge in [0.15, 0.2) is 0 Å². The van der Waals surface area contributed by atoms with E-state index in [1.54, 1.807) is 0 Å². The summed E-state index contributed by atoms with van der Waals surface area (Å²) in [5, 5.41) is 0. The fourth-order valence-electron chi connectivity index (χ4n) is 4.41. The van der Waals surface area contributed by atoms with Gasteiger partial charge in [-0.3, -0.25) is 0 Å². The number of unbranched alkanes of at least 4 members (excludes halogenated alkanes) is 12. The summed E-state index contributed by atoms with van der Waals surface area (Å²) in [5.74, 6) is -2.01. The molecule has 0 atom stereocenters. The predicted molar refractivity (Wildman–Crippen MR) is 132 cm³/mol. The topological polar surface area (TPSA) is 31.5 Å². The molecule has 0 rings (SSSR count). The first-order chi connectivity index (χ1) is 12.5. The van der Waals surface area contributed by atoms with Crippen LogP contribution >= 0.6 is 17.2 Å². The number of hydrogen-bond acceptors (Lipinski definition) is 0. The Morgan fingerprint density at radius 1 is 0.407 bits per heavy atom. The number of halogens is 1. The summed E-state index contributed by atoms with van der Waals surface area (Å²) in [5.41, 5.74) is 0. The van der Waals surface area contributed by atoms with Crippen LogP contribution in [0.1, 0.15) is 130 Å². The first kappa shape index (κ1) is 29.9. The molecule has 0 aromatic carbocycles. The van der Waals surface area contributed by atoms with E-state index in [2.05, 4.69) is 27.7 Å². The molecule has 0 spiro atoms. The molecule has 0 radical (unpaired) electrons. The van der Waals surface area contributed by atoms with Crippen molar-refractivity contribution in [1.82, 2.24) is 0 Å². The first-order valence-electron chi connectivity index (χ1n) is 12.3. The summed E-state index contributed by atoms with van der Waals surface area (Å²) in [4.78, 5) is 0. The summed E-state index contributed by atoms with van der Waals surface area (Å²) >= 11 is 7.84. The van der Waals surface area contributed by atoms with Crippen LogP contribution in [-0.2, 0) is 0 Å². The molecule has 3 heteroatoms. The largest absolute Gasteiger partial charge is 0.412 e. The molecule has 0 fully saturated rings. The Bertz CT molecular complexity index is 249. The maximum atomic E-state index is 7.84. The molecule has 168 valence electrons. The van der Waals surface area contributed by atoms with Crippen molar-refractivity contribution in [2.45, 2.75) is 130 Å². The third-order valence-corrected chi connectivity index (χ3v) is 14.0. The van der Waals surface area contributed by atoms with Crippen molar-refractivity contribution in [2.75, 3.05) is 24.6 Å². The molecule has 0 aromatic rings. The van der Waals surface area contributed by atoms with Gasteiger partial charge in [-0.15, -0.1) is 0 Å². The molecule has 27 heavy (non-hydrogen) atoms. The molecule has 0 bridgehead atoms. The summed E-state index contributed by atoms with van der Waals surface area (Å²) < 4.78 is 0. The molecule has 0 unspecified atom stereocenters. The minimum Gasteiger partial charge on any atom is -0.412 e. The van der Waals surface area contributed by atoms with Gasteiger partial charge in [-0.25, -0.2) is 0 Å². The molecule has 0 aliphatic heterocycles. The molecule has 0 heterocycles. The van der Waals surface area contributed by atoms with E-state index < -0.39 is 5.96 Å². The van der Waals surface area contributed by atoms with Crippen LogP contribution in [-0.4, -0.2) is 30.1 Å². The number of rotatable bonds is 20. The van der Waals surface area contributed by atoms with Crippen LogP contribution in [0, 0.1) is 0 Å². The molecule has 0 saturated carbocycles. The van der Waals surface area contributed by atoms with Crippen LogP contribution in [0.2, 0.25) is 0 Å². The van der Waals surface area contributed by atoms with E-state index in [0.717, 1.165) is 0 Å². The van der Waals surface area contributed by atoms with Crippen LogP contribution in [0.15, 0.2) is 0 Å².